The first-order chi connectivity index (χ1) is 17.6. The van der Waals surface area contributed by atoms with E-state index in [9.17, 15) is 9.90 Å². The van der Waals surface area contributed by atoms with Crippen LogP contribution >= 0.6 is 0 Å². The SMILES string of the molecule is CC(C)(Oc1ccc(CNCCCOc2cccc([N+](C)(C)c3nc4ccccc4o3)c2)cc1)C(=O)O. The van der Waals surface area contributed by atoms with Gasteiger partial charge in [0.25, 0.3) is 0 Å². The van der Waals surface area contributed by atoms with Crippen LogP contribution in [-0.4, -0.2) is 48.9 Å². The maximum absolute atomic E-state index is 11.2. The number of hydrogen-bond donors (Lipinski definition) is 2. The van der Waals surface area contributed by atoms with Gasteiger partial charge in [-0.1, -0.05) is 30.3 Å². The number of carboxylic acids is 1. The van der Waals surface area contributed by atoms with Gasteiger partial charge in [-0.2, -0.15) is 4.98 Å². The number of carboxylic acid groups (broad SMARTS) is 1. The number of rotatable bonds is 12. The van der Waals surface area contributed by atoms with Crippen molar-refractivity contribution in [3.63, 3.8) is 0 Å². The number of benzene rings is 3. The largest absolute Gasteiger partial charge is 0.493 e. The lowest BCUT2D eigenvalue weighted by Gasteiger charge is -2.24. The Labute approximate surface area is 217 Å². The molecule has 0 bridgehead atoms. The number of para-hydroxylation sites is 2. The maximum atomic E-state index is 11.2. The second kappa shape index (κ2) is 11.0. The lowest BCUT2D eigenvalue weighted by atomic mass is 10.1. The highest BCUT2D eigenvalue weighted by Crippen LogP contribution is 2.34. The first-order valence-electron chi connectivity index (χ1n) is 12.3. The minimum Gasteiger partial charge on any atom is -0.493 e. The summed E-state index contributed by atoms with van der Waals surface area (Å²) in [6, 6.07) is 23.8. The molecule has 0 aliphatic rings. The Morgan fingerprint density at radius 1 is 1.03 bits per heavy atom. The molecule has 0 saturated heterocycles. The van der Waals surface area contributed by atoms with Crippen LogP contribution in [0.15, 0.2) is 77.2 Å². The minimum atomic E-state index is -1.27. The van der Waals surface area contributed by atoms with Gasteiger partial charge in [0.1, 0.15) is 22.7 Å². The van der Waals surface area contributed by atoms with Crippen LogP contribution in [0.5, 0.6) is 11.5 Å². The Balaban J connectivity index is 1.23. The van der Waals surface area contributed by atoms with Crippen LogP contribution < -0.4 is 19.3 Å². The molecule has 1 heterocycles. The molecule has 3 aromatic carbocycles. The Hall–Kier alpha value is -3.88. The van der Waals surface area contributed by atoms with Crippen LogP contribution in [0.1, 0.15) is 25.8 Å². The average Bonchev–Trinajstić information content (AvgIpc) is 3.32. The summed E-state index contributed by atoms with van der Waals surface area (Å²) in [6.07, 6.45) is 0.849. The van der Waals surface area contributed by atoms with Crippen LogP contribution in [-0.2, 0) is 11.3 Å². The van der Waals surface area contributed by atoms with E-state index in [1.165, 1.54) is 13.8 Å². The van der Waals surface area contributed by atoms with E-state index in [2.05, 4.69) is 10.3 Å². The van der Waals surface area contributed by atoms with Crippen molar-refractivity contribution in [1.29, 1.82) is 0 Å². The van der Waals surface area contributed by atoms with E-state index < -0.39 is 11.6 Å². The summed E-state index contributed by atoms with van der Waals surface area (Å²) in [6.45, 7) is 5.15. The van der Waals surface area contributed by atoms with E-state index in [0.29, 0.717) is 29.4 Å². The molecule has 0 saturated carbocycles. The van der Waals surface area contributed by atoms with Crippen LogP contribution in [0, 0.1) is 0 Å². The number of oxazole rings is 1. The molecular weight excluding hydrogens is 470 g/mol. The van der Waals surface area contributed by atoms with Crippen molar-refractivity contribution in [3.05, 3.63) is 78.4 Å². The summed E-state index contributed by atoms with van der Waals surface area (Å²) in [5.41, 5.74) is 2.46. The lowest BCUT2D eigenvalue weighted by Crippen LogP contribution is -2.37. The van der Waals surface area contributed by atoms with Gasteiger partial charge in [0.05, 0.1) is 20.7 Å². The molecule has 0 aliphatic heterocycles. The zero-order valence-electron chi connectivity index (χ0n) is 21.7. The number of quaternary nitrogens is 1. The molecule has 2 N–H and O–H groups in total. The van der Waals surface area contributed by atoms with Crippen molar-refractivity contribution < 1.29 is 23.8 Å². The molecule has 0 fully saturated rings. The van der Waals surface area contributed by atoms with Crippen molar-refractivity contribution in [2.75, 3.05) is 27.2 Å². The van der Waals surface area contributed by atoms with Gasteiger partial charge in [0, 0.05) is 12.6 Å². The molecule has 8 heteroatoms. The van der Waals surface area contributed by atoms with Crippen molar-refractivity contribution in [1.82, 2.24) is 14.8 Å². The van der Waals surface area contributed by atoms with Gasteiger partial charge < -0.3 is 24.3 Å². The third kappa shape index (κ3) is 6.47. The van der Waals surface area contributed by atoms with E-state index in [0.717, 1.165) is 41.1 Å². The fraction of sp³-hybridized carbons (Fsp3) is 0.310. The molecule has 0 atom stereocenters. The fourth-order valence-corrected chi connectivity index (χ4v) is 3.76. The summed E-state index contributed by atoms with van der Waals surface area (Å²) in [7, 11) is 4.08. The van der Waals surface area contributed by atoms with E-state index in [4.69, 9.17) is 13.9 Å². The Morgan fingerprint density at radius 3 is 2.51 bits per heavy atom. The monoisotopic (exact) mass is 504 g/mol. The molecule has 0 aliphatic carbocycles. The van der Waals surface area contributed by atoms with Gasteiger partial charge in [-0.05, 0) is 68.8 Å². The zero-order valence-corrected chi connectivity index (χ0v) is 21.7. The molecule has 194 valence electrons. The maximum Gasteiger partial charge on any atom is 0.409 e. The average molecular weight is 505 g/mol. The smallest absolute Gasteiger partial charge is 0.409 e. The normalized spacial score (nSPS) is 12.0. The topological polar surface area (TPSA) is 93.8 Å². The highest BCUT2D eigenvalue weighted by molar-refractivity contribution is 5.77. The Morgan fingerprint density at radius 2 is 1.78 bits per heavy atom. The van der Waals surface area contributed by atoms with Crippen molar-refractivity contribution in [3.8, 4) is 11.5 Å². The van der Waals surface area contributed by atoms with E-state index >= 15 is 0 Å². The number of aromatic nitrogens is 1. The number of ether oxygens (including phenoxy) is 2. The van der Waals surface area contributed by atoms with Crippen LogP contribution in [0.2, 0.25) is 0 Å². The van der Waals surface area contributed by atoms with Gasteiger partial charge >= 0.3 is 12.0 Å². The molecule has 4 aromatic rings. The highest BCUT2D eigenvalue weighted by atomic mass is 16.5. The summed E-state index contributed by atoms with van der Waals surface area (Å²) in [5, 5.41) is 12.6. The lowest BCUT2D eigenvalue weighted by molar-refractivity contribution is -0.152. The molecule has 0 spiro atoms. The molecule has 0 unspecified atom stereocenters. The Kier molecular flexibility index (Phi) is 7.80. The van der Waals surface area contributed by atoms with Crippen molar-refractivity contribution in [2.45, 2.75) is 32.4 Å². The van der Waals surface area contributed by atoms with Gasteiger partial charge in [0.15, 0.2) is 11.2 Å². The highest BCUT2D eigenvalue weighted by Gasteiger charge is 2.30. The predicted molar refractivity (Wildman–Crippen MR) is 144 cm³/mol. The third-order valence-electron chi connectivity index (χ3n) is 6.13. The number of carbonyl (C=O) groups is 1. The van der Waals surface area contributed by atoms with Gasteiger partial charge in [-0.3, -0.25) is 0 Å². The standard InChI is InChI=1S/C29H33N3O5/c1-29(2,27(33)34)37-23-15-13-21(14-16-23)20-30-17-8-18-35-24-10-7-9-22(19-24)32(3,4)28-31-25-11-5-6-12-26(25)36-28/h5-7,9-16,19,30H,8,17-18,20H2,1-4H3/p+1. The molecular formula is C29H34N3O5+. The number of aliphatic carboxylic acids is 1. The quantitative estimate of drug-likeness (QED) is 0.194. The first kappa shape index (κ1) is 26.2. The summed E-state index contributed by atoms with van der Waals surface area (Å²) < 4.78 is 17.9. The summed E-state index contributed by atoms with van der Waals surface area (Å²) >= 11 is 0. The predicted octanol–water partition coefficient (Wildman–Crippen LogP) is 5.53. The zero-order chi connectivity index (χ0) is 26.5. The van der Waals surface area contributed by atoms with Gasteiger partial charge in [0.2, 0.25) is 0 Å². The fourth-order valence-electron chi connectivity index (χ4n) is 3.76. The van der Waals surface area contributed by atoms with E-state index in [1.807, 2.05) is 74.8 Å². The summed E-state index contributed by atoms with van der Waals surface area (Å²) in [4.78, 5) is 15.9. The first-order valence-corrected chi connectivity index (χ1v) is 12.3. The molecule has 0 amide bonds. The second-order valence-corrected chi connectivity index (χ2v) is 9.86. The number of fused-ring (bicyclic) bond motifs is 1. The van der Waals surface area contributed by atoms with Gasteiger partial charge in [-0.15, -0.1) is 0 Å². The van der Waals surface area contributed by atoms with Crippen molar-refractivity contribution >= 4 is 28.8 Å². The summed E-state index contributed by atoms with van der Waals surface area (Å²) in [5.74, 6) is 0.336. The number of nitrogens with zero attached hydrogens (tertiary/aromatic N) is 2. The van der Waals surface area contributed by atoms with Crippen LogP contribution in [0.25, 0.3) is 11.1 Å². The molecule has 1 aromatic heterocycles. The second-order valence-electron chi connectivity index (χ2n) is 9.86. The number of hydrogen-bond acceptors (Lipinski definition) is 6. The van der Waals surface area contributed by atoms with Crippen LogP contribution in [0.3, 0.4) is 0 Å². The molecule has 0 radical (unpaired) electrons. The van der Waals surface area contributed by atoms with E-state index in [-0.39, 0.29) is 0 Å². The molecule has 8 nitrogen and oxygen atoms in total. The molecule has 37 heavy (non-hydrogen) atoms. The van der Waals surface area contributed by atoms with Gasteiger partial charge in [-0.25, -0.2) is 9.28 Å². The minimum absolute atomic E-state index is 0.366. The molecule has 4 rings (SSSR count). The third-order valence-corrected chi connectivity index (χ3v) is 6.13. The number of nitrogens with one attached hydrogen (secondary N) is 1. The van der Waals surface area contributed by atoms with Crippen LogP contribution in [0.4, 0.5) is 11.7 Å². The van der Waals surface area contributed by atoms with Crippen molar-refractivity contribution in [2.24, 2.45) is 0 Å². The Bertz CT molecular complexity index is 1310. The van der Waals surface area contributed by atoms with E-state index in [1.54, 1.807) is 12.1 Å².